The minimum Gasteiger partial charge on any atom is -0.383 e. The van der Waals surface area contributed by atoms with E-state index in [4.69, 9.17) is 17.3 Å². The standard InChI is InChI=1S/C7H6BrClF2N2/c8-2-4-3(6(10)11)1-5(9)13-7(4)12/h1,6H,2H2,(H2,12,13). The lowest BCUT2D eigenvalue weighted by Gasteiger charge is -2.08. The Labute approximate surface area is 87.2 Å². The first-order chi connectivity index (χ1) is 6.06. The SMILES string of the molecule is Nc1nc(Cl)cc(C(F)F)c1CBr. The summed E-state index contributed by atoms with van der Waals surface area (Å²) in [6.45, 7) is 0. The van der Waals surface area contributed by atoms with Gasteiger partial charge in [0.25, 0.3) is 6.43 Å². The summed E-state index contributed by atoms with van der Waals surface area (Å²) in [6, 6.07) is 1.12. The van der Waals surface area contributed by atoms with E-state index in [1.54, 1.807) is 0 Å². The lowest BCUT2D eigenvalue weighted by atomic mass is 10.1. The van der Waals surface area contributed by atoms with Crippen LogP contribution in [0.15, 0.2) is 6.07 Å². The number of nitrogen functional groups attached to an aromatic ring is 1. The normalized spacial score (nSPS) is 10.8. The Kier molecular flexibility index (Phi) is 3.44. The zero-order valence-electron chi connectivity index (χ0n) is 6.40. The molecule has 0 aliphatic carbocycles. The summed E-state index contributed by atoms with van der Waals surface area (Å²) in [4.78, 5) is 3.67. The van der Waals surface area contributed by atoms with Gasteiger partial charge in [-0.25, -0.2) is 13.8 Å². The molecule has 2 nitrogen and oxygen atoms in total. The van der Waals surface area contributed by atoms with E-state index in [2.05, 4.69) is 20.9 Å². The third kappa shape index (κ3) is 2.28. The average molecular weight is 271 g/mol. The first kappa shape index (κ1) is 10.7. The molecule has 0 spiro atoms. The van der Waals surface area contributed by atoms with Crippen LogP contribution < -0.4 is 5.73 Å². The number of alkyl halides is 3. The van der Waals surface area contributed by atoms with Crippen molar-refractivity contribution >= 4 is 33.3 Å². The number of hydrogen-bond acceptors (Lipinski definition) is 2. The number of anilines is 1. The minimum absolute atomic E-state index is 0.0162. The number of rotatable bonds is 2. The molecule has 1 rings (SSSR count). The summed E-state index contributed by atoms with van der Waals surface area (Å²) < 4.78 is 24.8. The van der Waals surface area contributed by atoms with Crippen LogP contribution in [-0.4, -0.2) is 4.98 Å². The molecular weight excluding hydrogens is 265 g/mol. The predicted molar refractivity (Wildman–Crippen MR) is 51.2 cm³/mol. The Balaban J connectivity index is 3.29. The third-order valence-corrected chi connectivity index (χ3v) is 2.28. The Hall–Kier alpha value is -0.420. The maximum absolute atomic E-state index is 12.4. The fourth-order valence-corrected chi connectivity index (χ4v) is 1.74. The van der Waals surface area contributed by atoms with Crippen molar-refractivity contribution in [3.63, 3.8) is 0 Å². The molecule has 0 radical (unpaired) electrons. The van der Waals surface area contributed by atoms with Crippen LogP contribution in [0, 0.1) is 0 Å². The molecule has 6 heteroatoms. The Morgan fingerprint density at radius 1 is 1.62 bits per heavy atom. The number of hydrogen-bond donors (Lipinski definition) is 1. The molecule has 1 aromatic heterocycles. The molecule has 0 aliphatic rings. The van der Waals surface area contributed by atoms with Crippen LogP contribution in [0.4, 0.5) is 14.6 Å². The van der Waals surface area contributed by atoms with Gasteiger partial charge in [-0.2, -0.15) is 0 Å². The molecule has 0 fully saturated rings. The van der Waals surface area contributed by atoms with Crippen LogP contribution in [-0.2, 0) is 5.33 Å². The third-order valence-electron chi connectivity index (χ3n) is 1.53. The van der Waals surface area contributed by atoms with Crippen LogP contribution >= 0.6 is 27.5 Å². The predicted octanol–water partition coefficient (Wildman–Crippen LogP) is 3.15. The summed E-state index contributed by atoms with van der Waals surface area (Å²) in [5.74, 6) is 0.0414. The van der Waals surface area contributed by atoms with E-state index in [1.165, 1.54) is 0 Å². The van der Waals surface area contributed by atoms with Gasteiger partial charge in [0.2, 0.25) is 0 Å². The quantitative estimate of drug-likeness (QED) is 0.663. The summed E-state index contributed by atoms with van der Waals surface area (Å²) in [5, 5.41) is 0.223. The highest BCUT2D eigenvalue weighted by molar-refractivity contribution is 9.08. The van der Waals surface area contributed by atoms with E-state index in [0.29, 0.717) is 5.56 Å². The molecule has 0 unspecified atom stereocenters. The van der Waals surface area contributed by atoms with Crippen LogP contribution in [0.1, 0.15) is 17.6 Å². The topological polar surface area (TPSA) is 38.9 Å². The van der Waals surface area contributed by atoms with Crippen LogP contribution in [0.2, 0.25) is 5.15 Å². The van der Waals surface area contributed by atoms with E-state index >= 15 is 0 Å². The molecule has 72 valence electrons. The molecule has 0 amide bonds. The van der Waals surface area contributed by atoms with Crippen molar-refractivity contribution in [2.45, 2.75) is 11.8 Å². The van der Waals surface area contributed by atoms with Gasteiger partial charge in [0, 0.05) is 16.5 Å². The van der Waals surface area contributed by atoms with Crippen molar-refractivity contribution in [1.82, 2.24) is 4.98 Å². The van der Waals surface area contributed by atoms with Gasteiger partial charge >= 0.3 is 0 Å². The first-order valence-corrected chi connectivity index (χ1v) is 4.85. The highest BCUT2D eigenvalue weighted by Crippen LogP contribution is 2.29. The van der Waals surface area contributed by atoms with Gasteiger partial charge in [-0.3, -0.25) is 0 Å². The molecule has 0 aliphatic heterocycles. The summed E-state index contributed by atoms with van der Waals surface area (Å²) in [5.41, 5.74) is 5.53. The number of halogens is 4. The van der Waals surface area contributed by atoms with Gasteiger partial charge in [-0.1, -0.05) is 27.5 Å². The van der Waals surface area contributed by atoms with Gasteiger partial charge in [0.05, 0.1) is 0 Å². The number of nitrogens with two attached hydrogens (primary N) is 1. The van der Waals surface area contributed by atoms with E-state index in [1.807, 2.05) is 0 Å². The number of pyridine rings is 1. The molecule has 13 heavy (non-hydrogen) atoms. The number of nitrogens with zero attached hydrogens (tertiary/aromatic N) is 1. The molecule has 0 atom stereocenters. The smallest absolute Gasteiger partial charge is 0.264 e. The van der Waals surface area contributed by atoms with Crippen molar-refractivity contribution in [2.75, 3.05) is 5.73 Å². The first-order valence-electron chi connectivity index (χ1n) is 3.35. The molecule has 1 heterocycles. The Morgan fingerprint density at radius 3 is 2.69 bits per heavy atom. The Morgan fingerprint density at radius 2 is 2.23 bits per heavy atom. The zero-order chi connectivity index (χ0) is 10.0. The molecule has 2 N–H and O–H groups in total. The van der Waals surface area contributed by atoms with Gasteiger partial charge < -0.3 is 5.73 Å². The fourth-order valence-electron chi connectivity index (χ4n) is 0.918. The van der Waals surface area contributed by atoms with Crippen LogP contribution in [0.25, 0.3) is 0 Å². The summed E-state index contributed by atoms with van der Waals surface area (Å²) >= 11 is 8.54. The average Bonchev–Trinajstić information content (AvgIpc) is 2.02. The van der Waals surface area contributed by atoms with E-state index in [0.717, 1.165) is 6.07 Å². The van der Waals surface area contributed by atoms with E-state index < -0.39 is 6.43 Å². The second-order valence-corrected chi connectivity index (χ2v) is 3.28. The van der Waals surface area contributed by atoms with Crippen molar-refractivity contribution in [1.29, 1.82) is 0 Å². The molecule has 0 saturated carbocycles. The van der Waals surface area contributed by atoms with E-state index in [9.17, 15) is 8.78 Å². The van der Waals surface area contributed by atoms with Gasteiger partial charge in [-0.15, -0.1) is 0 Å². The van der Waals surface area contributed by atoms with Gasteiger partial charge in [-0.05, 0) is 6.07 Å². The largest absolute Gasteiger partial charge is 0.383 e. The molecule has 1 aromatic rings. The Bertz CT molecular complexity index is 320. The second-order valence-electron chi connectivity index (χ2n) is 2.33. The summed E-state index contributed by atoms with van der Waals surface area (Å²) in [7, 11) is 0. The molecule has 0 bridgehead atoms. The maximum atomic E-state index is 12.4. The summed E-state index contributed by atoms with van der Waals surface area (Å²) in [6.07, 6.45) is -2.59. The van der Waals surface area contributed by atoms with Gasteiger partial charge in [0.1, 0.15) is 11.0 Å². The number of aromatic nitrogens is 1. The highest BCUT2D eigenvalue weighted by atomic mass is 79.9. The fraction of sp³-hybridized carbons (Fsp3) is 0.286. The minimum atomic E-state index is -2.59. The van der Waals surface area contributed by atoms with Crippen molar-refractivity contribution in [3.8, 4) is 0 Å². The van der Waals surface area contributed by atoms with Crippen molar-refractivity contribution < 1.29 is 8.78 Å². The van der Waals surface area contributed by atoms with E-state index in [-0.39, 0.29) is 21.9 Å². The van der Waals surface area contributed by atoms with Crippen LogP contribution in [0.5, 0.6) is 0 Å². The molecular formula is C7H6BrClF2N2. The van der Waals surface area contributed by atoms with Crippen molar-refractivity contribution in [3.05, 3.63) is 22.3 Å². The lowest BCUT2D eigenvalue weighted by Crippen LogP contribution is -2.01. The lowest BCUT2D eigenvalue weighted by molar-refractivity contribution is 0.150. The molecule has 0 aromatic carbocycles. The van der Waals surface area contributed by atoms with Crippen molar-refractivity contribution in [2.24, 2.45) is 0 Å². The molecule has 0 saturated heterocycles. The zero-order valence-corrected chi connectivity index (χ0v) is 8.74. The van der Waals surface area contributed by atoms with Gasteiger partial charge in [0.15, 0.2) is 0 Å². The van der Waals surface area contributed by atoms with Crippen LogP contribution in [0.3, 0.4) is 0 Å². The maximum Gasteiger partial charge on any atom is 0.264 e. The monoisotopic (exact) mass is 270 g/mol. The highest BCUT2D eigenvalue weighted by Gasteiger charge is 2.16. The second kappa shape index (κ2) is 4.19.